The molecule has 1 aromatic rings. The van der Waals surface area contributed by atoms with Crippen LogP contribution < -0.4 is 0 Å². The number of hydrogen-bond donors (Lipinski definition) is 2. The average Bonchev–Trinajstić information content (AvgIpc) is 2.99. The molecule has 2 aliphatic rings. The largest absolute Gasteiger partial charge is 0.457 e. The van der Waals surface area contributed by atoms with Gasteiger partial charge < -0.3 is 14.6 Å². The summed E-state index contributed by atoms with van der Waals surface area (Å²) in [7, 11) is 0. The van der Waals surface area contributed by atoms with Crippen molar-refractivity contribution >= 4 is 29.4 Å². The second kappa shape index (κ2) is 8.65. The molecule has 3 rings (SSSR count). The van der Waals surface area contributed by atoms with E-state index in [0.717, 1.165) is 4.90 Å². The number of benzene rings is 1. The van der Waals surface area contributed by atoms with Crippen molar-refractivity contribution < 1.29 is 43.9 Å². The Labute approximate surface area is 193 Å². The van der Waals surface area contributed by atoms with Gasteiger partial charge in [-0.2, -0.15) is 0 Å². The number of nitro groups is 1. The molecule has 0 saturated carbocycles. The number of aliphatic hydroxyl groups is 1. The molecule has 2 fully saturated rings. The van der Waals surface area contributed by atoms with Crippen molar-refractivity contribution in [2.45, 2.75) is 64.1 Å². The lowest BCUT2D eigenvalue weighted by atomic mass is 9.83. The summed E-state index contributed by atoms with van der Waals surface area (Å²) >= 11 is 0. The third-order valence-electron chi connectivity index (χ3n) is 5.60. The quantitative estimate of drug-likeness (QED) is 0.150. The minimum absolute atomic E-state index is 0.192. The number of nitro benzene ring substituents is 1. The van der Waals surface area contributed by atoms with Gasteiger partial charge in [0.15, 0.2) is 5.78 Å². The van der Waals surface area contributed by atoms with E-state index in [4.69, 9.17) is 9.47 Å². The number of nitrogens with zero attached hydrogens (tertiary/aromatic N) is 3. The van der Waals surface area contributed by atoms with Gasteiger partial charge in [-0.25, -0.2) is 9.59 Å². The SMILES string of the molecule is C[C@@H](O)[C@H]1C(=O)N2[C@@H]1CC(=O)[C@]2(C(=O)OCc1ccc([N+](=O)[O-])cc1)N(O)C(=O)OC(C)(C)C. The number of non-ortho nitro benzene ring substituents is 1. The van der Waals surface area contributed by atoms with Crippen LogP contribution in [0.4, 0.5) is 10.5 Å². The number of hydrogen-bond acceptors (Lipinski definition) is 10. The number of rotatable bonds is 6. The summed E-state index contributed by atoms with van der Waals surface area (Å²) in [5.41, 5.74) is -3.82. The van der Waals surface area contributed by atoms with E-state index >= 15 is 0 Å². The van der Waals surface area contributed by atoms with Crippen molar-refractivity contribution in [2.24, 2.45) is 5.92 Å². The lowest BCUT2D eigenvalue weighted by molar-refractivity contribution is -0.384. The van der Waals surface area contributed by atoms with Crippen molar-refractivity contribution in [2.75, 3.05) is 0 Å². The molecule has 2 aliphatic heterocycles. The van der Waals surface area contributed by atoms with E-state index in [2.05, 4.69) is 0 Å². The molecule has 2 N–H and O–H groups in total. The van der Waals surface area contributed by atoms with E-state index < -0.39 is 71.0 Å². The Morgan fingerprint density at radius 1 is 1.29 bits per heavy atom. The van der Waals surface area contributed by atoms with Gasteiger partial charge in [0.1, 0.15) is 12.2 Å². The number of amides is 2. The maximum atomic E-state index is 13.2. The smallest absolute Gasteiger partial charge is 0.437 e. The molecule has 0 spiro atoms. The first kappa shape index (κ1) is 25.1. The van der Waals surface area contributed by atoms with Gasteiger partial charge in [-0.3, -0.25) is 29.8 Å². The van der Waals surface area contributed by atoms with Gasteiger partial charge in [-0.05, 0) is 45.4 Å². The zero-order valence-corrected chi connectivity index (χ0v) is 19.0. The molecular weight excluding hydrogens is 454 g/mol. The number of ether oxygens (including phenoxy) is 2. The Balaban J connectivity index is 1.93. The third-order valence-corrected chi connectivity index (χ3v) is 5.60. The van der Waals surface area contributed by atoms with Crippen molar-refractivity contribution in [1.82, 2.24) is 9.96 Å². The summed E-state index contributed by atoms with van der Waals surface area (Å²) in [6.07, 6.45) is -3.00. The number of carbonyl (C=O) groups is 4. The molecular formula is C21H25N3O10. The molecule has 2 amide bonds. The summed E-state index contributed by atoms with van der Waals surface area (Å²) < 4.78 is 10.3. The fourth-order valence-corrected chi connectivity index (χ4v) is 4.10. The topological polar surface area (TPSA) is 177 Å². The Kier molecular flexibility index (Phi) is 6.37. The highest BCUT2D eigenvalue weighted by Gasteiger charge is 2.74. The van der Waals surface area contributed by atoms with Crippen LogP contribution in [0.25, 0.3) is 0 Å². The summed E-state index contributed by atoms with van der Waals surface area (Å²) in [4.78, 5) is 62.7. The summed E-state index contributed by atoms with van der Waals surface area (Å²) in [5.74, 6) is -4.22. The van der Waals surface area contributed by atoms with Gasteiger partial charge in [0.05, 0.1) is 23.0 Å². The number of esters is 1. The highest BCUT2D eigenvalue weighted by atomic mass is 16.7. The Bertz CT molecular complexity index is 1030. The van der Waals surface area contributed by atoms with Crippen molar-refractivity contribution in [3.05, 3.63) is 39.9 Å². The third kappa shape index (κ3) is 4.07. The van der Waals surface area contributed by atoms with E-state index in [-0.39, 0.29) is 10.8 Å². The van der Waals surface area contributed by atoms with Gasteiger partial charge in [0, 0.05) is 18.6 Å². The van der Waals surface area contributed by atoms with E-state index in [1.807, 2.05) is 0 Å². The fourth-order valence-electron chi connectivity index (χ4n) is 4.10. The van der Waals surface area contributed by atoms with Crippen molar-refractivity contribution in [3.63, 3.8) is 0 Å². The minimum Gasteiger partial charge on any atom is -0.457 e. The first-order valence-corrected chi connectivity index (χ1v) is 10.4. The molecule has 34 heavy (non-hydrogen) atoms. The van der Waals surface area contributed by atoms with E-state index in [1.54, 1.807) is 0 Å². The molecule has 184 valence electrons. The molecule has 0 aliphatic carbocycles. The zero-order chi connectivity index (χ0) is 25.6. The lowest BCUT2D eigenvalue weighted by Gasteiger charge is -2.50. The monoisotopic (exact) mass is 479 g/mol. The predicted octanol–water partition coefficient (Wildman–Crippen LogP) is 1.14. The maximum absolute atomic E-state index is 13.2. The van der Waals surface area contributed by atoms with Crippen LogP contribution in [0.3, 0.4) is 0 Å². The highest BCUT2D eigenvalue weighted by Crippen LogP contribution is 2.47. The van der Waals surface area contributed by atoms with Crippen LogP contribution in [0.5, 0.6) is 0 Å². The van der Waals surface area contributed by atoms with Gasteiger partial charge >= 0.3 is 17.7 Å². The first-order valence-electron chi connectivity index (χ1n) is 10.4. The van der Waals surface area contributed by atoms with Crippen molar-refractivity contribution in [3.8, 4) is 0 Å². The predicted molar refractivity (Wildman–Crippen MR) is 111 cm³/mol. The first-order chi connectivity index (χ1) is 15.7. The molecule has 1 aromatic carbocycles. The summed E-state index contributed by atoms with van der Waals surface area (Å²) in [6.45, 7) is 5.37. The van der Waals surface area contributed by atoms with Crippen LogP contribution in [0.15, 0.2) is 24.3 Å². The van der Waals surface area contributed by atoms with E-state index in [0.29, 0.717) is 5.56 Å². The average molecular weight is 479 g/mol. The zero-order valence-electron chi connectivity index (χ0n) is 19.0. The van der Waals surface area contributed by atoms with Gasteiger partial charge in [-0.15, -0.1) is 5.06 Å². The minimum atomic E-state index is -2.84. The number of carbonyl (C=O) groups excluding carboxylic acids is 4. The maximum Gasteiger partial charge on any atom is 0.437 e. The Morgan fingerprint density at radius 2 is 1.88 bits per heavy atom. The Morgan fingerprint density at radius 3 is 2.38 bits per heavy atom. The normalized spacial score (nSPS) is 24.7. The van der Waals surface area contributed by atoms with Crippen LogP contribution in [0.2, 0.25) is 0 Å². The summed E-state index contributed by atoms with van der Waals surface area (Å²) in [5, 5.41) is 31.2. The summed E-state index contributed by atoms with van der Waals surface area (Å²) in [6, 6.07) is 4.06. The van der Waals surface area contributed by atoms with Gasteiger partial charge in [0.2, 0.25) is 5.91 Å². The van der Waals surface area contributed by atoms with Crippen LogP contribution >= 0.6 is 0 Å². The molecule has 4 atom stereocenters. The lowest BCUT2D eigenvalue weighted by Crippen LogP contribution is -2.76. The fraction of sp³-hybridized carbons (Fsp3) is 0.524. The number of hydroxylamine groups is 2. The molecule has 2 saturated heterocycles. The van der Waals surface area contributed by atoms with Gasteiger partial charge in [-0.1, -0.05) is 0 Å². The molecule has 13 heteroatoms. The van der Waals surface area contributed by atoms with E-state index in [1.165, 1.54) is 52.0 Å². The second-order valence-electron chi connectivity index (χ2n) is 9.13. The second-order valence-corrected chi connectivity index (χ2v) is 9.13. The van der Waals surface area contributed by atoms with Crippen molar-refractivity contribution in [1.29, 1.82) is 0 Å². The standard InChI is InChI=1S/C21H25N3O10/c1-11(25)16-14-9-15(26)21(22(14)17(16)27,23(30)19(29)34-20(2,3)4)18(28)33-10-12-5-7-13(8-6-12)24(31)32/h5-8,11,14,16,25,30H,9-10H2,1-4H3/t11-,14-,16-,21-/m1/s1. The molecule has 13 nitrogen and oxygen atoms in total. The number of β-lactam (4-membered cyclic amide) rings is 1. The molecule has 0 bridgehead atoms. The molecule has 0 unspecified atom stereocenters. The number of ketones is 1. The number of Topliss-reactive ketones (excluding diaryl/α,β-unsaturated/α-hetero) is 1. The van der Waals surface area contributed by atoms with Crippen LogP contribution in [-0.4, -0.2) is 72.4 Å². The van der Waals surface area contributed by atoms with Crippen LogP contribution in [-0.2, 0) is 30.5 Å². The van der Waals surface area contributed by atoms with E-state index in [9.17, 15) is 39.6 Å². The number of fused-ring (bicyclic) bond motifs is 1. The molecule has 0 aromatic heterocycles. The number of aliphatic hydroxyl groups excluding tert-OH is 1. The van der Waals surface area contributed by atoms with Crippen LogP contribution in [0.1, 0.15) is 39.7 Å². The Hall–Kier alpha value is -3.58. The molecule has 2 heterocycles. The van der Waals surface area contributed by atoms with Crippen LogP contribution in [0, 0.1) is 16.0 Å². The molecule has 0 radical (unpaired) electrons. The van der Waals surface area contributed by atoms with Gasteiger partial charge in [0.25, 0.3) is 5.69 Å². The highest BCUT2D eigenvalue weighted by molar-refractivity contribution is 6.16.